The van der Waals surface area contributed by atoms with E-state index in [1.54, 1.807) is 43.3 Å². The molecule has 31 heavy (non-hydrogen) atoms. The number of rotatable bonds is 10. The standard InChI is InChI=1S/C21H26F2N4O3.HI/c1-3-25-21(26-12-14-7-5-8-15(11-14)19(24)28)27-13-16-9-6-10-17(29-4-2)18(16)30-20(22)23;/h5-11,20H,3-4,12-13H2,1-2H3,(H2,24,28)(H2,25,26,27);1H. The molecule has 0 aliphatic rings. The highest BCUT2D eigenvalue weighted by Crippen LogP contribution is 2.32. The fourth-order valence-electron chi connectivity index (χ4n) is 2.71. The van der Waals surface area contributed by atoms with Crippen molar-refractivity contribution in [2.24, 2.45) is 10.7 Å². The van der Waals surface area contributed by atoms with Gasteiger partial charge in [-0.25, -0.2) is 4.99 Å². The predicted molar refractivity (Wildman–Crippen MR) is 126 cm³/mol. The zero-order chi connectivity index (χ0) is 21.9. The molecule has 2 aromatic carbocycles. The molecule has 0 aliphatic carbocycles. The first kappa shape index (κ1) is 26.4. The van der Waals surface area contributed by atoms with Crippen LogP contribution in [-0.2, 0) is 13.1 Å². The van der Waals surface area contributed by atoms with E-state index in [1.165, 1.54) is 0 Å². The molecular formula is C21H27F2IN4O3. The lowest BCUT2D eigenvalue weighted by Crippen LogP contribution is -2.37. The minimum absolute atomic E-state index is 0. The Balaban J connectivity index is 0.00000480. The number of carbonyl (C=O) groups is 1. The highest BCUT2D eigenvalue weighted by atomic mass is 127. The average Bonchev–Trinajstić information content (AvgIpc) is 2.72. The molecule has 7 nitrogen and oxygen atoms in total. The number of nitrogens with zero attached hydrogens (tertiary/aromatic N) is 1. The van der Waals surface area contributed by atoms with Crippen LogP contribution in [0.15, 0.2) is 47.5 Å². The van der Waals surface area contributed by atoms with Gasteiger partial charge < -0.3 is 25.8 Å². The fraction of sp³-hybridized carbons (Fsp3) is 0.333. The number of alkyl halides is 2. The SMILES string of the molecule is CCNC(=NCc1cccc(C(N)=O)c1)NCc1cccc(OCC)c1OC(F)F.I. The highest BCUT2D eigenvalue weighted by Gasteiger charge is 2.16. The van der Waals surface area contributed by atoms with Crippen LogP contribution in [0.25, 0.3) is 0 Å². The van der Waals surface area contributed by atoms with Crippen molar-refractivity contribution in [3.05, 3.63) is 59.2 Å². The topological polar surface area (TPSA) is 98.0 Å². The predicted octanol–water partition coefficient (Wildman–Crippen LogP) is 3.66. The normalized spacial score (nSPS) is 10.9. The first-order valence-electron chi connectivity index (χ1n) is 9.55. The third-order valence-electron chi connectivity index (χ3n) is 3.99. The van der Waals surface area contributed by atoms with Crippen molar-refractivity contribution in [1.29, 1.82) is 0 Å². The number of amides is 1. The van der Waals surface area contributed by atoms with Crippen molar-refractivity contribution in [2.45, 2.75) is 33.5 Å². The Morgan fingerprint density at radius 2 is 1.90 bits per heavy atom. The molecule has 0 radical (unpaired) electrons. The Labute approximate surface area is 197 Å². The Morgan fingerprint density at radius 3 is 2.55 bits per heavy atom. The van der Waals surface area contributed by atoms with Gasteiger partial charge in [-0.05, 0) is 37.6 Å². The van der Waals surface area contributed by atoms with Crippen molar-refractivity contribution >= 4 is 35.8 Å². The lowest BCUT2D eigenvalue weighted by molar-refractivity contribution is -0.0520. The fourth-order valence-corrected chi connectivity index (χ4v) is 2.71. The number of para-hydroxylation sites is 1. The molecule has 1 amide bonds. The van der Waals surface area contributed by atoms with E-state index in [9.17, 15) is 13.6 Å². The molecule has 0 bridgehead atoms. The van der Waals surface area contributed by atoms with Gasteiger partial charge in [-0.3, -0.25) is 4.79 Å². The van der Waals surface area contributed by atoms with Crippen LogP contribution in [0, 0.1) is 0 Å². The zero-order valence-electron chi connectivity index (χ0n) is 17.4. The number of guanidine groups is 1. The van der Waals surface area contributed by atoms with Crippen molar-refractivity contribution in [2.75, 3.05) is 13.2 Å². The quantitative estimate of drug-likeness (QED) is 0.239. The number of primary amides is 1. The summed E-state index contributed by atoms with van der Waals surface area (Å²) in [6.45, 7) is 2.13. The molecule has 10 heteroatoms. The molecule has 0 saturated heterocycles. The molecule has 0 heterocycles. The summed E-state index contributed by atoms with van der Waals surface area (Å²) in [7, 11) is 0. The van der Waals surface area contributed by atoms with Gasteiger partial charge >= 0.3 is 6.61 Å². The summed E-state index contributed by atoms with van der Waals surface area (Å²) >= 11 is 0. The summed E-state index contributed by atoms with van der Waals surface area (Å²) in [5.74, 6) is 0.215. The number of carbonyl (C=O) groups excluding carboxylic acids is 1. The lowest BCUT2D eigenvalue weighted by Gasteiger charge is -2.17. The number of halogens is 3. The van der Waals surface area contributed by atoms with E-state index < -0.39 is 12.5 Å². The van der Waals surface area contributed by atoms with E-state index in [2.05, 4.69) is 20.4 Å². The second-order valence-corrected chi connectivity index (χ2v) is 6.17. The summed E-state index contributed by atoms with van der Waals surface area (Å²) in [6.07, 6.45) is 0. The lowest BCUT2D eigenvalue weighted by atomic mass is 10.1. The Morgan fingerprint density at radius 1 is 1.16 bits per heavy atom. The maximum Gasteiger partial charge on any atom is 0.387 e. The monoisotopic (exact) mass is 548 g/mol. The summed E-state index contributed by atoms with van der Waals surface area (Å²) in [5.41, 5.74) is 7.02. The molecule has 0 aromatic heterocycles. The minimum atomic E-state index is -2.97. The van der Waals surface area contributed by atoms with Crippen LogP contribution in [0.3, 0.4) is 0 Å². The number of benzene rings is 2. The van der Waals surface area contributed by atoms with Crippen LogP contribution in [0.5, 0.6) is 11.5 Å². The van der Waals surface area contributed by atoms with Gasteiger partial charge in [-0.2, -0.15) is 8.78 Å². The molecule has 170 valence electrons. The average molecular weight is 548 g/mol. The van der Waals surface area contributed by atoms with Gasteiger partial charge in [0.1, 0.15) is 0 Å². The molecule has 0 spiro atoms. The van der Waals surface area contributed by atoms with E-state index in [0.717, 1.165) is 5.56 Å². The van der Waals surface area contributed by atoms with Crippen LogP contribution in [0.2, 0.25) is 0 Å². The van der Waals surface area contributed by atoms with E-state index in [0.29, 0.717) is 36.8 Å². The second kappa shape index (κ2) is 13.6. The first-order valence-corrected chi connectivity index (χ1v) is 9.55. The Bertz CT molecular complexity index is 881. The van der Waals surface area contributed by atoms with Crippen LogP contribution in [-0.4, -0.2) is 31.6 Å². The van der Waals surface area contributed by atoms with Crippen molar-refractivity contribution in [3.8, 4) is 11.5 Å². The van der Waals surface area contributed by atoms with Crippen LogP contribution in [0.4, 0.5) is 8.78 Å². The van der Waals surface area contributed by atoms with Gasteiger partial charge in [-0.15, -0.1) is 24.0 Å². The molecule has 0 saturated carbocycles. The largest absolute Gasteiger partial charge is 0.490 e. The molecule has 0 unspecified atom stereocenters. The number of nitrogens with one attached hydrogen (secondary N) is 2. The summed E-state index contributed by atoms with van der Waals surface area (Å²) < 4.78 is 35.8. The molecule has 0 atom stereocenters. The van der Waals surface area contributed by atoms with Gasteiger partial charge in [0, 0.05) is 24.2 Å². The van der Waals surface area contributed by atoms with E-state index in [4.69, 9.17) is 10.5 Å². The second-order valence-electron chi connectivity index (χ2n) is 6.17. The smallest absolute Gasteiger partial charge is 0.387 e. The van der Waals surface area contributed by atoms with Gasteiger partial charge in [-0.1, -0.05) is 24.3 Å². The first-order chi connectivity index (χ1) is 14.4. The Kier molecular flexibility index (Phi) is 11.6. The number of nitrogens with two attached hydrogens (primary N) is 1. The molecule has 0 fully saturated rings. The van der Waals surface area contributed by atoms with E-state index in [-0.39, 0.29) is 42.0 Å². The van der Waals surface area contributed by atoms with Crippen molar-refractivity contribution < 1.29 is 23.0 Å². The van der Waals surface area contributed by atoms with Crippen molar-refractivity contribution in [3.63, 3.8) is 0 Å². The van der Waals surface area contributed by atoms with Gasteiger partial charge in [0.2, 0.25) is 5.91 Å². The molecule has 2 aromatic rings. The minimum Gasteiger partial charge on any atom is -0.490 e. The number of hydrogen-bond donors (Lipinski definition) is 3. The number of aliphatic imine (C=N–C) groups is 1. The van der Waals surface area contributed by atoms with Crippen LogP contribution in [0.1, 0.15) is 35.3 Å². The zero-order valence-corrected chi connectivity index (χ0v) is 19.7. The number of ether oxygens (including phenoxy) is 2. The van der Waals surface area contributed by atoms with Crippen molar-refractivity contribution in [1.82, 2.24) is 10.6 Å². The molecule has 2 rings (SSSR count). The highest BCUT2D eigenvalue weighted by molar-refractivity contribution is 14.0. The maximum absolute atomic E-state index is 12.9. The number of hydrogen-bond acceptors (Lipinski definition) is 4. The van der Waals surface area contributed by atoms with Gasteiger partial charge in [0.05, 0.1) is 13.2 Å². The third kappa shape index (κ3) is 8.56. The summed E-state index contributed by atoms with van der Waals surface area (Å²) in [5, 5.41) is 6.18. The molecule has 4 N–H and O–H groups in total. The van der Waals surface area contributed by atoms with Crippen LogP contribution < -0.4 is 25.8 Å². The summed E-state index contributed by atoms with van der Waals surface area (Å²) in [6, 6.07) is 11.8. The van der Waals surface area contributed by atoms with Crippen LogP contribution >= 0.6 is 24.0 Å². The van der Waals surface area contributed by atoms with E-state index >= 15 is 0 Å². The molecule has 0 aliphatic heterocycles. The van der Waals surface area contributed by atoms with Gasteiger partial charge in [0.15, 0.2) is 17.5 Å². The van der Waals surface area contributed by atoms with Gasteiger partial charge in [0.25, 0.3) is 0 Å². The molecular weight excluding hydrogens is 521 g/mol. The Hall–Kier alpha value is -2.63. The third-order valence-corrected chi connectivity index (χ3v) is 3.99. The summed E-state index contributed by atoms with van der Waals surface area (Å²) in [4.78, 5) is 15.8. The maximum atomic E-state index is 12.9. The van der Waals surface area contributed by atoms with E-state index in [1.807, 2.05) is 13.0 Å².